The van der Waals surface area contributed by atoms with E-state index in [-0.39, 0.29) is 24.8 Å². The van der Waals surface area contributed by atoms with Gasteiger partial charge in [-0.15, -0.1) is 0 Å². The molecule has 0 saturated heterocycles. The fourth-order valence-corrected chi connectivity index (χ4v) is 14.1. The van der Waals surface area contributed by atoms with Crippen LogP contribution in [0.1, 0.15) is 36.1 Å². The molecular weight excluding hydrogens is 607 g/mol. The minimum Gasteiger partial charge on any atom is -1.00 e. The smallest absolute Gasteiger partial charge is 1.00 e. The Morgan fingerprint density at radius 2 is 1.00 bits per heavy atom. The molecule has 8 rings (SSSR count). The van der Waals surface area contributed by atoms with Crippen molar-refractivity contribution in [3.8, 4) is 0 Å². The zero-order chi connectivity index (χ0) is 25.4. The summed E-state index contributed by atoms with van der Waals surface area (Å²) in [4.78, 5) is 0. The molecule has 4 aliphatic rings. The first-order chi connectivity index (χ1) is 18.7. The molecular formula is C37H28Cl2Zr. The van der Waals surface area contributed by atoms with Gasteiger partial charge in [-0.25, -0.2) is 0 Å². The average Bonchev–Trinajstić information content (AvgIpc) is 3.57. The third kappa shape index (κ3) is 4.01. The van der Waals surface area contributed by atoms with Crippen molar-refractivity contribution in [1.29, 1.82) is 0 Å². The van der Waals surface area contributed by atoms with Gasteiger partial charge in [0.05, 0.1) is 0 Å². The van der Waals surface area contributed by atoms with E-state index in [4.69, 9.17) is 0 Å². The van der Waals surface area contributed by atoms with E-state index in [1.165, 1.54) is 66.1 Å². The maximum atomic E-state index is 2.50. The molecule has 0 bridgehead atoms. The van der Waals surface area contributed by atoms with E-state index in [2.05, 4.69) is 123 Å². The molecule has 4 aromatic carbocycles. The zero-order valence-corrected chi connectivity index (χ0v) is 26.5. The summed E-state index contributed by atoms with van der Waals surface area (Å²) in [6, 6.07) is 27.2. The van der Waals surface area contributed by atoms with Gasteiger partial charge in [0.1, 0.15) is 0 Å². The molecule has 3 heteroatoms. The Hall–Kier alpha value is -2.83. The molecule has 0 fully saturated rings. The van der Waals surface area contributed by atoms with Gasteiger partial charge in [-0.05, 0) is 0 Å². The fourth-order valence-electron chi connectivity index (χ4n) is 6.99. The van der Waals surface area contributed by atoms with Crippen molar-refractivity contribution in [1.82, 2.24) is 0 Å². The van der Waals surface area contributed by atoms with E-state index < -0.39 is 21.3 Å². The number of hydrogen-bond donors (Lipinski definition) is 0. The van der Waals surface area contributed by atoms with Crippen LogP contribution in [-0.2, 0) is 34.1 Å². The standard InChI is InChI=1S/2C17H11.C3H6.2ClH.Zr/c2*1-2-6-15-12(4-1)8-10-14-11-9-13-5-3-7-16(13)17(14)15;1-3-2;;;/h2*1-6,8-10H,11H2;1-2H3;2*1H;/q;;;;;+2/p-2. The van der Waals surface area contributed by atoms with Crippen molar-refractivity contribution in [3.63, 3.8) is 0 Å². The molecule has 0 unspecified atom stereocenters. The molecule has 0 heterocycles. The molecule has 194 valence electrons. The van der Waals surface area contributed by atoms with Gasteiger partial charge in [0.15, 0.2) is 0 Å². The molecule has 0 nitrogen and oxygen atoms in total. The molecule has 0 atom stereocenters. The Morgan fingerprint density at radius 1 is 0.550 bits per heavy atom. The number of halogens is 2. The topological polar surface area (TPSA) is 0 Å². The summed E-state index contributed by atoms with van der Waals surface area (Å²) in [6.07, 6.45) is 16.8. The normalized spacial score (nSPS) is 15.8. The van der Waals surface area contributed by atoms with Crippen LogP contribution >= 0.6 is 0 Å². The average molecular weight is 635 g/mol. The van der Waals surface area contributed by atoms with Crippen molar-refractivity contribution in [2.24, 2.45) is 0 Å². The minimum absolute atomic E-state index is 0. The summed E-state index contributed by atoms with van der Waals surface area (Å²) in [5.41, 5.74) is 11.8. The second kappa shape index (κ2) is 10.5. The van der Waals surface area contributed by atoms with Crippen molar-refractivity contribution in [3.05, 3.63) is 149 Å². The number of rotatable bonds is 2. The third-order valence-corrected chi connectivity index (χ3v) is 15.8. The number of hydrogen-bond acceptors (Lipinski definition) is 0. The van der Waals surface area contributed by atoms with Gasteiger partial charge in [0, 0.05) is 0 Å². The van der Waals surface area contributed by atoms with Gasteiger partial charge in [0.25, 0.3) is 0 Å². The van der Waals surface area contributed by atoms with Gasteiger partial charge < -0.3 is 24.8 Å². The number of fused-ring (bicyclic) bond motifs is 10. The molecule has 0 spiro atoms. The van der Waals surface area contributed by atoms with Crippen LogP contribution in [0.4, 0.5) is 0 Å². The quantitative estimate of drug-likeness (QED) is 0.318. The Labute approximate surface area is 256 Å². The maximum Gasteiger partial charge on any atom is -1.00 e. The van der Waals surface area contributed by atoms with E-state index in [1.807, 2.05) is 0 Å². The number of allylic oxidation sites excluding steroid dienone is 12. The first kappa shape index (κ1) is 27.3. The van der Waals surface area contributed by atoms with Crippen LogP contribution in [0.3, 0.4) is 0 Å². The summed E-state index contributed by atoms with van der Waals surface area (Å²) < 4.78 is 4.90. The van der Waals surface area contributed by atoms with Crippen LogP contribution in [0.25, 0.3) is 32.7 Å². The predicted molar refractivity (Wildman–Crippen MR) is 160 cm³/mol. The first-order valence-corrected chi connectivity index (χ1v) is 17.3. The second-order valence-electron chi connectivity index (χ2n) is 11.0. The summed E-state index contributed by atoms with van der Waals surface area (Å²) in [6.45, 7) is 4.81. The van der Waals surface area contributed by atoms with Gasteiger partial charge in [-0.2, -0.15) is 0 Å². The van der Waals surface area contributed by atoms with E-state index >= 15 is 0 Å². The van der Waals surface area contributed by atoms with Gasteiger partial charge in [-0.3, -0.25) is 0 Å². The summed E-state index contributed by atoms with van der Waals surface area (Å²) in [7, 11) is 0. The third-order valence-electron chi connectivity index (χ3n) is 8.63. The predicted octanol–water partition coefficient (Wildman–Crippen LogP) is 3.06. The van der Waals surface area contributed by atoms with Crippen LogP contribution in [0.2, 0.25) is 0 Å². The van der Waals surface area contributed by atoms with Crippen LogP contribution in [0, 0.1) is 0 Å². The van der Waals surface area contributed by atoms with E-state index in [0.717, 1.165) is 12.8 Å². The monoisotopic (exact) mass is 632 g/mol. The molecule has 0 saturated carbocycles. The van der Waals surface area contributed by atoms with E-state index in [0.29, 0.717) is 0 Å². The fraction of sp³-hybridized carbons (Fsp3) is 0.108. The van der Waals surface area contributed by atoms with Crippen LogP contribution in [-0.4, -0.2) is 3.21 Å². The first-order valence-electron chi connectivity index (χ1n) is 13.6. The Balaban J connectivity index is 0.00000145. The molecule has 0 N–H and O–H groups in total. The van der Waals surface area contributed by atoms with Crippen molar-refractivity contribution >= 4 is 35.9 Å². The summed E-state index contributed by atoms with van der Waals surface area (Å²) >= 11 is -2.45. The van der Waals surface area contributed by atoms with Crippen molar-refractivity contribution < 1.29 is 46.1 Å². The summed E-state index contributed by atoms with van der Waals surface area (Å²) in [5.74, 6) is 0. The molecule has 0 radical (unpaired) electrons. The summed E-state index contributed by atoms with van der Waals surface area (Å²) in [5, 5.41) is 5.48. The molecule has 0 amide bonds. The van der Waals surface area contributed by atoms with Crippen molar-refractivity contribution in [2.45, 2.75) is 26.7 Å². The molecule has 4 aromatic rings. The Kier molecular flexibility index (Phi) is 7.20. The van der Waals surface area contributed by atoms with E-state index in [1.54, 1.807) is 9.77 Å². The van der Waals surface area contributed by atoms with Gasteiger partial charge >= 0.3 is 233 Å². The largest absolute Gasteiger partial charge is 1.00 e. The van der Waals surface area contributed by atoms with Crippen LogP contribution in [0.5, 0.6) is 0 Å². The molecule has 0 aliphatic heterocycles. The zero-order valence-electron chi connectivity index (χ0n) is 22.6. The van der Waals surface area contributed by atoms with Crippen molar-refractivity contribution in [2.75, 3.05) is 0 Å². The SMILES string of the molecule is C[C](C)=[Zr+2]([C]1=C2C(=CCc3ccc4ccccc4c32)C=C1)[C]1=C2C(=CCc3ccc4ccccc4c32)C=C1.[Cl-].[Cl-]. The molecule has 0 aromatic heterocycles. The molecule has 40 heavy (non-hydrogen) atoms. The number of benzene rings is 4. The van der Waals surface area contributed by atoms with Gasteiger partial charge in [-0.1, -0.05) is 0 Å². The minimum atomic E-state index is -2.45. The van der Waals surface area contributed by atoms with Crippen LogP contribution < -0.4 is 24.8 Å². The maximum absolute atomic E-state index is 2.50. The molecule has 4 aliphatic carbocycles. The van der Waals surface area contributed by atoms with Crippen LogP contribution in [0.15, 0.2) is 127 Å². The Bertz CT molecular complexity index is 1830. The second-order valence-corrected chi connectivity index (χ2v) is 17.9. The van der Waals surface area contributed by atoms with Gasteiger partial charge in [0.2, 0.25) is 0 Å². The van der Waals surface area contributed by atoms with E-state index in [9.17, 15) is 0 Å². The Morgan fingerprint density at radius 3 is 1.45 bits per heavy atom.